The van der Waals surface area contributed by atoms with Gasteiger partial charge >= 0.3 is 5.69 Å². The zero-order valence-electron chi connectivity index (χ0n) is 12.0. The van der Waals surface area contributed by atoms with Crippen LogP contribution < -0.4 is 5.32 Å². The maximum Gasteiger partial charge on any atom is 0.309 e. The van der Waals surface area contributed by atoms with Crippen LogP contribution in [0, 0.1) is 21.4 Å². The molecule has 0 saturated carbocycles. The first-order valence-corrected chi connectivity index (χ1v) is 7.36. The molecule has 0 aromatic heterocycles. The second-order valence-corrected chi connectivity index (χ2v) is 5.25. The molecule has 0 bridgehead atoms. The van der Waals surface area contributed by atoms with Gasteiger partial charge in [0.25, 0.3) is 0 Å². The third-order valence-corrected chi connectivity index (χ3v) is 3.78. The van der Waals surface area contributed by atoms with Crippen molar-refractivity contribution in [1.29, 1.82) is 5.26 Å². The van der Waals surface area contributed by atoms with Crippen LogP contribution in [-0.2, 0) is 0 Å². The van der Waals surface area contributed by atoms with E-state index in [1.807, 2.05) is 6.07 Å². The van der Waals surface area contributed by atoms with E-state index < -0.39 is 4.92 Å². The summed E-state index contributed by atoms with van der Waals surface area (Å²) in [5, 5.41) is 23.2. The number of benzene rings is 1. The Morgan fingerprint density at radius 1 is 1.29 bits per heavy atom. The van der Waals surface area contributed by atoms with E-state index in [-0.39, 0.29) is 11.3 Å². The van der Waals surface area contributed by atoms with E-state index in [0.29, 0.717) is 12.2 Å². The van der Waals surface area contributed by atoms with Crippen LogP contribution >= 0.6 is 0 Å². The first kappa shape index (κ1) is 15.3. The van der Waals surface area contributed by atoms with Gasteiger partial charge in [-0.1, -0.05) is 18.9 Å². The lowest BCUT2D eigenvalue weighted by molar-refractivity contribution is -0.384. The number of rotatable bonds is 5. The Kier molecular flexibility index (Phi) is 5.52. The highest BCUT2D eigenvalue weighted by Gasteiger charge is 2.19. The minimum Gasteiger partial charge on any atom is -0.378 e. The van der Waals surface area contributed by atoms with E-state index >= 15 is 0 Å². The number of anilines is 1. The largest absolute Gasteiger partial charge is 0.378 e. The SMILES string of the molecule is N#Cc1cccc(NCCN2CCCCCC2)c1[N+](=O)[O-]. The molecule has 112 valence electrons. The summed E-state index contributed by atoms with van der Waals surface area (Å²) in [6, 6.07) is 6.66. The van der Waals surface area contributed by atoms with E-state index in [4.69, 9.17) is 5.26 Å². The Labute approximate surface area is 124 Å². The number of hydrogen-bond acceptors (Lipinski definition) is 5. The summed E-state index contributed by atoms with van der Waals surface area (Å²) >= 11 is 0. The van der Waals surface area contributed by atoms with E-state index in [2.05, 4.69) is 10.2 Å². The number of nitrogens with one attached hydrogen (secondary N) is 1. The lowest BCUT2D eigenvalue weighted by atomic mass is 10.1. The van der Waals surface area contributed by atoms with Crippen molar-refractivity contribution < 1.29 is 4.92 Å². The molecule has 1 aromatic carbocycles. The highest BCUT2D eigenvalue weighted by molar-refractivity contribution is 5.68. The molecule has 1 fully saturated rings. The maximum absolute atomic E-state index is 11.1. The van der Waals surface area contributed by atoms with Gasteiger partial charge in [-0.05, 0) is 38.1 Å². The molecule has 0 amide bonds. The smallest absolute Gasteiger partial charge is 0.309 e. The van der Waals surface area contributed by atoms with Gasteiger partial charge in [-0.3, -0.25) is 10.1 Å². The fourth-order valence-corrected chi connectivity index (χ4v) is 2.68. The Morgan fingerprint density at radius 3 is 2.62 bits per heavy atom. The molecule has 0 aliphatic carbocycles. The number of nitro benzene ring substituents is 1. The molecule has 0 radical (unpaired) electrons. The fourth-order valence-electron chi connectivity index (χ4n) is 2.68. The van der Waals surface area contributed by atoms with Gasteiger partial charge in [-0.25, -0.2) is 0 Å². The molecule has 0 unspecified atom stereocenters. The average Bonchev–Trinajstić information content (AvgIpc) is 2.75. The number of hydrogen-bond donors (Lipinski definition) is 1. The number of nitrogens with zero attached hydrogens (tertiary/aromatic N) is 3. The summed E-state index contributed by atoms with van der Waals surface area (Å²) in [6.07, 6.45) is 5.04. The van der Waals surface area contributed by atoms with E-state index in [9.17, 15) is 10.1 Å². The molecule has 1 aromatic rings. The van der Waals surface area contributed by atoms with Crippen LogP contribution in [-0.4, -0.2) is 36.0 Å². The van der Waals surface area contributed by atoms with Crippen molar-refractivity contribution in [1.82, 2.24) is 4.90 Å². The van der Waals surface area contributed by atoms with Crippen molar-refractivity contribution in [2.24, 2.45) is 0 Å². The predicted molar refractivity (Wildman–Crippen MR) is 81.2 cm³/mol. The highest BCUT2D eigenvalue weighted by atomic mass is 16.6. The molecule has 1 N–H and O–H groups in total. The van der Waals surface area contributed by atoms with Crippen molar-refractivity contribution in [2.45, 2.75) is 25.7 Å². The van der Waals surface area contributed by atoms with E-state index in [1.54, 1.807) is 12.1 Å². The Bertz CT molecular complexity index is 531. The molecular formula is C15H20N4O2. The van der Waals surface area contributed by atoms with Crippen LogP contribution in [0.15, 0.2) is 18.2 Å². The van der Waals surface area contributed by atoms with Crippen LogP contribution in [0.25, 0.3) is 0 Å². The normalized spacial score (nSPS) is 16.0. The summed E-state index contributed by atoms with van der Waals surface area (Å²) in [5.74, 6) is 0. The van der Waals surface area contributed by atoms with Crippen LogP contribution in [0.3, 0.4) is 0 Å². The number of nitriles is 1. The molecule has 2 rings (SSSR count). The van der Waals surface area contributed by atoms with Gasteiger partial charge in [0.2, 0.25) is 0 Å². The first-order chi connectivity index (χ1) is 10.2. The van der Waals surface area contributed by atoms with Gasteiger partial charge in [0.15, 0.2) is 0 Å². The second-order valence-electron chi connectivity index (χ2n) is 5.25. The van der Waals surface area contributed by atoms with Crippen LogP contribution in [0.2, 0.25) is 0 Å². The molecule has 1 saturated heterocycles. The van der Waals surface area contributed by atoms with E-state index in [0.717, 1.165) is 19.6 Å². The number of nitro groups is 1. The third-order valence-electron chi connectivity index (χ3n) is 3.78. The lowest BCUT2D eigenvalue weighted by Crippen LogP contribution is -2.30. The topological polar surface area (TPSA) is 82.2 Å². The quantitative estimate of drug-likeness (QED) is 0.665. The zero-order chi connectivity index (χ0) is 15.1. The number of para-hydroxylation sites is 1. The summed E-state index contributed by atoms with van der Waals surface area (Å²) in [5.41, 5.74) is 0.393. The predicted octanol–water partition coefficient (Wildman–Crippen LogP) is 2.75. The van der Waals surface area contributed by atoms with Crippen LogP contribution in [0.4, 0.5) is 11.4 Å². The summed E-state index contributed by atoms with van der Waals surface area (Å²) in [4.78, 5) is 13.0. The van der Waals surface area contributed by atoms with Crippen molar-refractivity contribution in [3.63, 3.8) is 0 Å². The molecule has 6 nitrogen and oxygen atoms in total. The Hall–Kier alpha value is -2.13. The molecule has 0 atom stereocenters. The van der Waals surface area contributed by atoms with Gasteiger partial charge in [0.05, 0.1) is 4.92 Å². The van der Waals surface area contributed by atoms with E-state index in [1.165, 1.54) is 31.7 Å². The first-order valence-electron chi connectivity index (χ1n) is 7.36. The molecule has 1 heterocycles. The van der Waals surface area contributed by atoms with Crippen molar-refractivity contribution >= 4 is 11.4 Å². The fraction of sp³-hybridized carbons (Fsp3) is 0.533. The maximum atomic E-state index is 11.1. The zero-order valence-corrected chi connectivity index (χ0v) is 12.0. The standard InChI is InChI=1S/C15H20N4O2/c16-12-13-6-5-7-14(15(13)19(20)21)17-8-11-18-9-3-1-2-4-10-18/h5-7,17H,1-4,8-11H2. The van der Waals surface area contributed by atoms with Gasteiger partial charge in [-0.15, -0.1) is 0 Å². The lowest BCUT2D eigenvalue weighted by Gasteiger charge is -2.20. The minimum absolute atomic E-state index is 0.0970. The molecular weight excluding hydrogens is 268 g/mol. The second kappa shape index (κ2) is 7.60. The van der Waals surface area contributed by atoms with Crippen LogP contribution in [0.1, 0.15) is 31.2 Å². The van der Waals surface area contributed by atoms with Crippen LogP contribution in [0.5, 0.6) is 0 Å². The third kappa shape index (κ3) is 4.17. The summed E-state index contributed by atoms with van der Waals surface area (Å²) in [6.45, 7) is 3.72. The monoisotopic (exact) mass is 288 g/mol. The van der Waals surface area contributed by atoms with Crippen molar-refractivity contribution in [2.75, 3.05) is 31.5 Å². The van der Waals surface area contributed by atoms with Gasteiger partial charge in [-0.2, -0.15) is 5.26 Å². The average molecular weight is 288 g/mol. The summed E-state index contributed by atoms with van der Waals surface area (Å²) < 4.78 is 0. The highest BCUT2D eigenvalue weighted by Crippen LogP contribution is 2.27. The van der Waals surface area contributed by atoms with Gasteiger partial charge in [0.1, 0.15) is 17.3 Å². The molecule has 21 heavy (non-hydrogen) atoms. The van der Waals surface area contributed by atoms with Crippen molar-refractivity contribution in [3.05, 3.63) is 33.9 Å². The number of likely N-dealkylation sites (tertiary alicyclic amines) is 1. The Balaban J connectivity index is 1.96. The molecule has 0 spiro atoms. The van der Waals surface area contributed by atoms with Gasteiger partial charge < -0.3 is 10.2 Å². The minimum atomic E-state index is -0.493. The summed E-state index contributed by atoms with van der Waals surface area (Å²) in [7, 11) is 0. The molecule has 6 heteroatoms. The molecule has 1 aliphatic rings. The Morgan fingerprint density at radius 2 is 2.00 bits per heavy atom. The molecule has 1 aliphatic heterocycles. The van der Waals surface area contributed by atoms with Crippen molar-refractivity contribution in [3.8, 4) is 6.07 Å². The van der Waals surface area contributed by atoms with Gasteiger partial charge in [0, 0.05) is 13.1 Å².